The van der Waals surface area contributed by atoms with Gasteiger partial charge in [0, 0.05) is 0 Å². The fourth-order valence-electron chi connectivity index (χ4n) is 2.06. The first-order valence-corrected chi connectivity index (χ1v) is 4.84. The van der Waals surface area contributed by atoms with E-state index in [0.717, 1.165) is 32.4 Å². The predicted octanol–water partition coefficient (Wildman–Crippen LogP) is 1.54. The van der Waals surface area contributed by atoms with Gasteiger partial charge in [-0.25, -0.2) is 0 Å². The zero-order valence-electron chi connectivity index (χ0n) is 8.48. The van der Waals surface area contributed by atoms with Crippen LogP contribution < -0.4 is 5.32 Å². The van der Waals surface area contributed by atoms with E-state index in [1.807, 2.05) is 0 Å². The fraction of sp³-hybridized carbons (Fsp3) is 1.00. The average molecular weight is 171 g/mol. The summed E-state index contributed by atoms with van der Waals surface area (Å²) in [4.78, 5) is 0. The largest absolute Gasteiger partial charge is 0.390 e. The third-order valence-electron chi connectivity index (χ3n) is 2.39. The highest BCUT2D eigenvalue weighted by Crippen LogP contribution is 2.32. The molecule has 0 radical (unpaired) electrons. The molecule has 1 aliphatic heterocycles. The van der Waals surface area contributed by atoms with Crippen molar-refractivity contribution in [2.24, 2.45) is 5.41 Å². The zero-order valence-corrected chi connectivity index (χ0v) is 8.48. The van der Waals surface area contributed by atoms with E-state index < -0.39 is 5.60 Å². The normalized spacial score (nSPS) is 24.0. The Kier molecular flexibility index (Phi) is 2.79. The summed E-state index contributed by atoms with van der Waals surface area (Å²) < 4.78 is 0. The standard InChI is InChI=1S/C10H21NO/c1-9(2,3)8-10(12)4-6-11-7-5-10/h11-12H,4-8H2,1-3H3. The number of nitrogens with one attached hydrogen (secondary N) is 1. The Bertz CT molecular complexity index is 142. The lowest BCUT2D eigenvalue weighted by atomic mass is 9.77. The Morgan fingerprint density at radius 1 is 1.25 bits per heavy atom. The van der Waals surface area contributed by atoms with Gasteiger partial charge in [-0.3, -0.25) is 0 Å². The topological polar surface area (TPSA) is 32.3 Å². The van der Waals surface area contributed by atoms with Crippen molar-refractivity contribution >= 4 is 0 Å². The smallest absolute Gasteiger partial charge is 0.0677 e. The van der Waals surface area contributed by atoms with Gasteiger partial charge in [-0.15, -0.1) is 0 Å². The van der Waals surface area contributed by atoms with Crippen LogP contribution in [0.3, 0.4) is 0 Å². The zero-order chi connectivity index (χ0) is 9.24. The van der Waals surface area contributed by atoms with E-state index in [4.69, 9.17) is 0 Å². The summed E-state index contributed by atoms with van der Waals surface area (Å²) in [5, 5.41) is 13.4. The molecule has 72 valence electrons. The molecule has 1 heterocycles. The summed E-state index contributed by atoms with van der Waals surface area (Å²) >= 11 is 0. The molecule has 2 N–H and O–H groups in total. The first-order valence-electron chi connectivity index (χ1n) is 4.84. The van der Waals surface area contributed by atoms with Gasteiger partial charge in [-0.1, -0.05) is 20.8 Å². The molecular weight excluding hydrogens is 150 g/mol. The van der Waals surface area contributed by atoms with Gasteiger partial charge in [0.15, 0.2) is 0 Å². The molecule has 0 bridgehead atoms. The van der Waals surface area contributed by atoms with Crippen LogP contribution in [0.2, 0.25) is 0 Å². The van der Waals surface area contributed by atoms with Gasteiger partial charge in [0.1, 0.15) is 0 Å². The fourth-order valence-corrected chi connectivity index (χ4v) is 2.06. The number of hydrogen-bond acceptors (Lipinski definition) is 2. The lowest BCUT2D eigenvalue weighted by Gasteiger charge is -2.37. The van der Waals surface area contributed by atoms with Gasteiger partial charge in [-0.05, 0) is 37.8 Å². The van der Waals surface area contributed by atoms with Crippen LogP contribution in [0.25, 0.3) is 0 Å². The van der Waals surface area contributed by atoms with E-state index in [9.17, 15) is 5.11 Å². The quantitative estimate of drug-likeness (QED) is 0.627. The molecule has 0 atom stereocenters. The highest BCUT2D eigenvalue weighted by Gasteiger charge is 2.33. The van der Waals surface area contributed by atoms with Crippen LogP contribution in [0, 0.1) is 5.41 Å². The second-order valence-corrected chi connectivity index (χ2v) is 5.21. The lowest BCUT2D eigenvalue weighted by molar-refractivity contribution is -0.0234. The SMILES string of the molecule is CC(C)(C)CC1(O)CCNCC1. The monoisotopic (exact) mass is 171 g/mol. The lowest BCUT2D eigenvalue weighted by Crippen LogP contribution is -2.44. The first-order chi connectivity index (χ1) is 5.41. The van der Waals surface area contributed by atoms with Crippen LogP contribution in [-0.2, 0) is 0 Å². The Morgan fingerprint density at radius 3 is 2.17 bits per heavy atom. The summed E-state index contributed by atoms with van der Waals surface area (Å²) in [5.74, 6) is 0. The summed E-state index contributed by atoms with van der Waals surface area (Å²) in [6, 6.07) is 0. The minimum absolute atomic E-state index is 0.242. The van der Waals surface area contributed by atoms with Crippen LogP contribution in [-0.4, -0.2) is 23.8 Å². The molecule has 1 rings (SSSR count). The van der Waals surface area contributed by atoms with Crippen molar-refractivity contribution < 1.29 is 5.11 Å². The maximum absolute atomic E-state index is 10.2. The first kappa shape index (κ1) is 10.0. The summed E-state index contributed by atoms with van der Waals surface area (Å²) in [6.07, 6.45) is 2.73. The van der Waals surface area contributed by atoms with E-state index in [0.29, 0.717) is 0 Å². The molecule has 0 aliphatic carbocycles. The number of rotatable bonds is 1. The highest BCUT2D eigenvalue weighted by molar-refractivity contribution is 4.87. The molecule has 12 heavy (non-hydrogen) atoms. The Balaban J connectivity index is 2.47. The van der Waals surface area contributed by atoms with Crippen LogP contribution in [0.15, 0.2) is 0 Å². The van der Waals surface area contributed by atoms with Crippen LogP contribution >= 0.6 is 0 Å². The molecule has 2 heteroatoms. The molecule has 0 spiro atoms. The molecule has 0 aromatic rings. The van der Waals surface area contributed by atoms with Crippen molar-refractivity contribution in [3.8, 4) is 0 Å². The molecule has 0 saturated carbocycles. The van der Waals surface area contributed by atoms with Gasteiger partial charge in [-0.2, -0.15) is 0 Å². The van der Waals surface area contributed by atoms with E-state index in [1.165, 1.54) is 0 Å². The molecule has 2 nitrogen and oxygen atoms in total. The molecule has 0 aromatic carbocycles. The maximum Gasteiger partial charge on any atom is 0.0677 e. The second kappa shape index (κ2) is 3.35. The molecule has 0 amide bonds. The average Bonchev–Trinajstić information content (AvgIpc) is 1.83. The van der Waals surface area contributed by atoms with Crippen molar-refractivity contribution in [3.05, 3.63) is 0 Å². The van der Waals surface area contributed by atoms with Crippen LogP contribution in [0.5, 0.6) is 0 Å². The Morgan fingerprint density at radius 2 is 1.75 bits per heavy atom. The van der Waals surface area contributed by atoms with E-state index in [-0.39, 0.29) is 5.41 Å². The minimum atomic E-state index is -0.399. The van der Waals surface area contributed by atoms with E-state index >= 15 is 0 Å². The number of aliphatic hydroxyl groups is 1. The summed E-state index contributed by atoms with van der Waals surface area (Å²) in [7, 11) is 0. The third-order valence-corrected chi connectivity index (χ3v) is 2.39. The molecule has 1 aliphatic rings. The number of hydrogen-bond donors (Lipinski definition) is 2. The van der Waals surface area contributed by atoms with Crippen LogP contribution in [0.1, 0.15) is 40.0 Å². The molecule has 0 unspecified atom stereocenters. The molecular formula is C10H21NO. The summed E-state index contributed by atoms with van der Waals surface area (Å²) in [5.41, 5.74) is -0.157. The molecule has 1 fully saturated rings. The van der Waals surface area contributed by atoms with Gasteiger partial charge in [0.25, 0.3) is 0 Å². The molecule has 0 aromatic heterocycles. The van der Waals surface area contributed by atoms with Crippen molar-refractivity contribution in [2.45, 2.75) is 45.6 Å². The maximum atomic E-state index is 10.2. The third kappa shape index (κ3) is 3.11. The van der Waals surface area contributed by atoms with E-state index in [1.54, 1.807) is 0 Å². The minimum Gasteiger partial charge on any atom is -0.390 e. The highest BCUT2D eigenvalue weighted by atomic mass is 16.3. The van der Waals surface area contributed by atoms with Crippen molar-refractivity contribution in [1.29, 1.82) is 0 Å². The van der Waals surface area contributed by atoms with Crippen molar-refractivity contribution in [3.63, 3.8) is 0 Å². The Hall–Kier alpha value is -0.0800. The van der Waals surface area contributed by atoms with Gasteiger partial charge >= 0.3 is 0 Å². The molecule has 1 saturated heterocycles. The number of piperidine rings is 1. The second-order valence-electron chi connectivity index (χ2n) is 5.21. The van der Waals surface area contributed by atoms with Gasteiger partial charge in [0.2, 0.25) is 0 Å². The van der Waals surface area contributed by atoms with Gasteiger partial charge in [0.05, 0.1) is 5.60 Å². The van der Waals surface area contributed by atoms with E-state index in [2.05, 4.69) is 26.1 Å². The summed E-state index contributed by atoms with van der Waals surface area (Å²) in [6.45, 7) is 8.49. The Labute approximate surface area is 75.4 Å². The van der Waals surface area contributed by atoms with Crippen molar-refractivity contribution in [1.82, 2.24) is 5.32 Å². The van der Waals surface area contributed by atoms with Crippen LogP contribution in [0.4, 0.5) is 0 Å². The van der Waals surface area contributed by atoms with Crippen molar-refractivity contribution in [2.75, 3.05) is 13.1 Å². The van der Waals surface area contributed by atoms with Gasteiger partial charge < -0.3 is 10.4 Å². The predicted molar refractivity (Wildman–Crippen MR) is 51.1 cm³/mol.